The van der Waals surface area contributed by atoms with Crippen molar-refractivity contribution in [3.05, 3.63) is 29.2 Å². The second kappa shape index (κ2) is 2.96. The molecule has 0 aliphatic rings. The zero-order valence-electron chi connectivity index (χ0n) is 5.90. The van der Waals surface area contributed by atoms with E-state index in [1.54, 1.807) is 0 Å². The third kappa shape index (κ3) is 1.43. The van der Waals surface area contributed by atoms with Crippen LogP contribution in [0.2, 0.25) is 0 Å². The van der Waals surface area contributed by atoms with Crippen molar-refractivity contribution in [2.75, 3.05) is 7.11 Å². The van der Waals surface area contributed by atoms with Crippen LogP contribution in [-0.4, -0.2) is 18.1 Å². The average molecular weight is 155 g/mol. The summed E-state index contributed by atoms with van der Waals surface area (Å²) < 4.78 is 4.77. The first-order chi connectivity index (χ1) is 5.25. The molecule has 0 aromatic carbocycles. The summed E-state index contributed by atoms with van der Waals surface area (Å²) in [6.45, 7) is 0. The molecule has 1 N–H and O–H groups in total. The van der Waals surface area contributed by atoms with E-state index in [9.17, 15) is 9.70 Å². The molecule has 1 heterocycles. The largest absolute Gasteiger partial charge is 0.461 e. The Labute approximate surface area is 62.2 Å². The van der Waals surface area contributed by atoms with Crippen LogP contribution in [0.1, 0.15) is 10.5 Å². The number of aromatic nitrogens is 2. The summed E-state index contributed by atoms with van der Waals surface area (Å²) in [5.74, 6) is -0.656. The highest BCUT2D eigenvalue weighted by atomic mass is 16.5. The van der Waals surface area contributed by atoms with Gasteiger partial charge in [-0.15, -0.1) is 0 Å². The molecule has 0 amide bonds. The van der Waals surface area contributed by atoms with Crippen LogP contribution in [-0.2, 0) is 4.74 Å². The van der Waals surface area contributed by atoms with Gasteiger partial charge >= 0.3 is 11.7 Å². The number of nitrogens with zero attached hydrogens (tertiary/aromatic N) is 1. The highest BCUT2D eigenvalue weighted by molar-refractivity contribution is 5.84. The molecule has 1 aromatic heterocycles. The lowest BCUT2D eigenvalue weighted by atomic mass is 10.5. The predicted molar refractivity (Wildman–Crippen MR) is 35.5 cm³/mol. The molecule has 5 heteroatoms. The monoisotopic (exact) mass is 155 g/mol. The van der Waals surface area contributed by atoms with Gasteiger partial charge in [0, 0.05) is 4.91 Å². The van der Waals surface area contributed by atoms with Crippen molar-refractivity contribution in [3.63, 3.8) is 0 Å². The molecule has 0 aliphatic heterocycles. The summed E-state index contributed by atoms with van der Waals surface area (Å²) in [6.07, 6.45) is 3.88. The Hall–Kier alpha value is -1.65. The van der Waals surface area contributed by atoms with Gasteiger partial charge in [-0.3, -0.25) is 0 Å². The Morgan fingerprint density at radius 3 is 3.00 bits per heavy atom. The lowest BCUT2D eigenvalue weighted by Crippen LogP contribution is -2.25. The number of rotatable bonds is 1. The molecule has 5 nitrogen and oxygen atoms in total. The van der Waals surface area contributed by atoms with Crippen molar-refractivity contribution >= 4 is 5.97 Å². The third-order valence-corrected chi connectivity index (χ3v) is 1.16. The van der Waals surface area contributed by atoms with E-state index in [-0.39, 0.29) is 5.69 Å². The Morgan fingerprint density at radius 2 is 2.45 bits per heavy atom. The van der Waals surface area contributed by atoms with Crippen LogP contribution in [0.15, 0.2) is 18.6 Å². The second-order valence-corrected chi connectivity index (χ2v) is 1.83. The summed E-state index contributed by atoms with van der Waals surface area (Å²) in [7, 11) is 1.22. The van der Waals surface area contributed by atoms with Crippen molar-refractivity contribution in [1.29, 1.82) is 0 Å². The molecule has 0 aliphatic carbocycles. The molecule has 0 saturated carbocycles. The normalized spacial score (nSPS) is 9.18. The molecule has 0 fully saturated rings. The molecule has 0 atom stereocenters. The van der Waals surface area contributed by atoms with Crippen molar-refractivity contribution in [2.24, 2.45) is 0 Å². The van der Waals surface area contributed by atoms with Gasteiger partial charge in [-0.1, -0.05) is 0 Å². The molecule has 1 rings (SSSR count). The number of ether oxygens (including phenoxy) is 1. The molecular formula is C6H7N2O3+. The minimum atomic E-state index is -0.656. The number of carbonyl (C=O) groups excluding carboxylic acids is 1. The maximum atomic E-state index is 10.8. The second-order valence-electron chi connectivity index (χ2n) is 1.83. The predicted octanol–water partition coefficient (Wildman–Crippen LogP) is -0.284. The fourth-order valence-electron chi connectivity index (χ4n) is 0.635. The molecule has 11 heavy (non-hydrogen) atoms. The minimum Gasteiger partial charge on any atom is -0.461 e. The molecule has 0 bridgehead atoms. The molecule has 58 valence electrons. The number of methoxy groups -OCH3 is 1. The van der Waals surface area contributed by atoms with Crippen LogP contribution in [0.25, 0.3) is 0 Å². The van der Waals surface area contributed by atoms with Crippen LogP contribution in [0, 0.1) is 4.91 Å². The van der Waals surface area contributed by atoms with Crippen LogP contribution in [0.4, 0.5) is 0 Å². The van der Waals surface area contributed by atoms with Gasteiger partial charge in [0.25, 0.3) is 0 Å². The van der Waals surface area contributed by atoms with E-state index >= 15 is 0 Å². The first-order valence-electron chi connectivity index (χ1n) is 2.93. The molecule has 0 unspecified atom stereocenters. The maximum absolute atomic E-state index is 10.8. The van der Waals surface area contributed by atoms with Crippen LogP contribution in [0.3, 0.4) is 0 Å². The summed E-state index contributed by atoms with van der Waals surface area (Å²) in [5, 5.41) is 0. The van der Waals surface area contributed by atoms with E-state index < -0.39 is 5.97 Å². The summed E-state index contributed by atoms with van der Waals surface area (Å²) in [4.78, 5) is 24.2. The summed E-state index contributed by atoms with van der Waals surface area (Å²) >= 11 is 0. The van der Waals surface area contributed by atoms with Gasteiger partial charge in [-0.2, -0.15) is 0 Å². The first kappa shape index (κ1) is 7.46. The van der Waals surface area contributed by atoms with Gasteiger partial charge in [-0.25, -0.2) is 4.79 Å². The van der Waals surface area contributed by atoms with Crippen LogP contribution in [0.5, 0.6) is 0 Å². The zero-order valence-corrected chi connectivity index (χ0v) is 5.90. The fourth-order valence-corrected chi connectivity index (χ4v) is 0.635. The highest BCUT2D eigenvalue weighted by Gasteiger charge is 2.17. The Bertz CT molecular complexity index is 318. The van der Waals surface area contributed by atoms with E-state index in [0.717, 1.165) is 0 Å². The number of nitrogens with one attached hydrogen (secondary N) is 1. The molecule has 0 radical (unpaired) electrons. The number of carbonyl (C=O) groups is 1. The number of aromatic amines is 1. The number of H-pyrrole nitrogens is 1. The molecule has 0 saturated heterocycles. The topological polar surface area (TPSA) is 65.1 Å². The molecule has 0 spiro atoms. The number of hydrogen-bond acceptors (Lipinski definition) is 3. The number of esters is 1. The average Bonchev–Trinajstić information content (AvgIpc) is 2.04. The van der Waals surface area contributed by atoms with Crippen molar-refractivity contribution in [1.82, 2.24) is 4.98 Å². The Morgan fingerprint density at radius 1 is 1.73 bits per heavy atom. The Kier molecular flexibility index (Phi) is 2.00. The van der Waals surface area contributed by atoms with E-state index in [1.165, 1.54) is 25.7 Å². The zero-order chi connectivity index (χ0) is 8.27. The van der Waals surface area contributed by atoms with Gasteiger partial charge in [0.2, 0.25) is 6.20 Å². The maximum Gasteiger partial charge on any atom is 0.410 e. The third-order valence-electron chi connectivity index (χ3n) is 1.16. The first-order valence-corrected chi connectivity index (χ1v) is 2.93. The SMILES string of the molecule is COC(=O)c1c[nH]cc[n+]1=O. The quantitative estimate of drug-likeness (QED) is 0.448. The molecular weight excluding hydrogens is 148 g/mol. The van der Waals surface area contributed by atoms with Gasteiger partial charge in [0.1, 0.15) is 0 Å². The van der Waals surface area contributed by atoms with Gasteiger partial charge in [-0.05, 0) is 0 Å². The number of hydrogen-bond donors (Lipinski definition) is 1. The van der Waals surface area contributed by atoms with Gasteiger partial charge in [0.15, 0.2) is 0 Å². The van der Waals surface area contributed by atoms with E-state index in [2.05, 4.69) is 9.72 Å². The van der Waals surface area contributed by atoms with E-state index in [0.29, 0.717) is 4.43 Å². The lowest BCUT2D eigenvalue weighted by molar-refractivity contribution is -0.499. The summed E-state index contributed by atoms with van der Waals surface area (Å²) in [5.41, 5.74) is -0.0602. The summed E-state index contributed by atoms with van der Waals surface area (Å²) in [6, 6.07) is 0. The standard InChI is InChI=1S/C6H6N2O3/c1-11-6(9)5-4-7-2-3-8(5)10/h2-4H,1H3/p+1. The fraction of sp³-hybridized carbons (Fsp3) is 0.167. The van der Waals surface area contributed by atoms with E-state index in [4.69, 9.17) is 0 Å². The van der Waals surface area contributed by atoms with Crippen LogP contribution < -0.4 is 4.43 Å². The van der Waals surface area contributed by atoms with Crippen molar-refractivity contribution in [3.8, 4) is 0 Å². The Balaban J connectivity index is 3.14. The van der Waals surface area contributed by atoms with Gasteiger partial charge in [0.05, 0.1) is 23.9 Å². The van der Waals surface area contributed by atoms with Crippen molar-refractivity contribution < 1.29 is 14.0 Å². The van der Waals surface area contributed by atoms with E-state index in [1.807, 2.05) is 0 Å². The minimum absolute atomic E-state index is 0.0602. The van der Waals surface area contributed by atoms with Crippen LogP contribution >= 0.6 is 0 Å². The van der Waals surface area contributed by atoms with Gasteiger partial charge < -0.3 is 9.72 Å². The molecule has 1 aromatic rings. The highest BCUT2D eigenvalue weighted by Crippen LogP contribution is 1.87. The smallest absolute Gasteiger partial charge is 0.410 e. The van der Waals surface area contributed by atoms with Crippen molar-refractivity contribution in [2.45, 2.75) is 0 Å². The lowest BCUT2D eigenvalue weighted by Gasteiger charge is -1.88.